The van der Waals surface area contributed by atoms with E-state index in [9.17, 15) is 4.79 Å². The van der Waals surface area contributed by atoms with E-state index >= 15 is 0 Å². The number of para-hydroxylation sites is 1. The molecule has 5 heteroatoms. The molecule has 5 nitrogen and oxygen atoms in total. The molecule has 1 fully saturated rings. The highest BCUT2D eigenvalue weighted by atomic mass is 16.5. The molecule has 4 rings (SSSR count). The van der Waals surface area contributed by atoms with E-state index in [2.05, 4.69) is 22.9 Å². The van der Waals surface area contributed by atoms with Crippen LogP contribution in [-0.2, 0) is 4.74 Å². The van der Waals surface area contributed by atoms with Gasteiger partial charge in [-0.2, -0.15) is 0 Å². The van der Waals surface area contributed by atoms with Crippen molar-refractivity contribution in [2.75, 3.05) is 26.2 Å². The fourth-order valence-electron chi connectivity index (χ4n) is 4.22. The molecule has 172 valence electrons. The second kappa shape index (κ2) is 12.4. The van der Waals surface area contributed by atoms with E-state index in [4.69, 9.17) is 10.5 Å². The van der Waals surface area contributed by atoms with Crippen LogP contribution in [-0.4, -0.2) is 42.2 Å². The summed E-state index contributed by atoms with van der Waals surface area (Å²) in [6, 6.07) is 10.0. The van der Waals surface area contributed by atoms with Crippen LogP contribution in [0, 0.1) is 0 Å². The summed E-state index contributed by atoms with van der Waals surface area (Å²) in [7, 11) is 0. The molecular weight excluding hydrogens is 398 g/mol. The monoisotopic (exact) mass is 435 g/mol. The molecule has 0 amide bonds. The zero-order chi connectivity index (χ0) is 22.8. The zero-order valence-corrected chi connectivity index (χ0v) is 19.5. The molecule has 0 spiro atoms. The third-order valence-corrected chi connectivity index (χ3v) is 6.03. The van der Waals surface area contributed by atoms with E-state index < -0.39 is 0 Å². The summed E-state index contributed by atoms with van der Waals surface area (Å²) < 4.78 is 5.51. The number of aromatic amines is 1. The van der Waals surface area contributed by atoms with Crippen LogP contribution in [0.4, 0.5) is 0 Å². The predicted molar refractivity (Wildman–Crippen MR) is 135 cm³/mol. The number of aromatic nitrogens is 1. The van der Waals surface area contributed by atoms with Gasteiger partial charge in [-0.15, -0.1) is 0 Å². The van der Waals surface area contributed by atoms with Gasteiger partial charge < -0.3 is 20.4 Å². The van der Waals surface area contributed by atoms with Gasteiger partial charge in [-0.3, -0.25) is 4.79 Å². The first kappa shape index (κ1) is 24.0. The molecule has 1 aliphatic carbocycles. The van der Waals surface area contributed by atoms with Gasteiger partial charge in [0.25, 0.3) is 0 Å². The summed E-state index contributed by atoms with van der Waals surface area (Å²) in [5.74, 6) is 0.867. The van der Waals surface area contributed by atoms with E-state index in [0.29, 0.717) is 12.0 Å². The lowest BCUT2D eigenvalue weighted by atomic mass is 10.0. The van der Waals surface area contributed by atoms with E-state index in [-0.39, 0.29) is 5.43 Å². The Hall–Kier alpha value is -2.63. The average Bonchev–Trinajstić information content (AvgIpc) is 3.05. The molecule has 2 aliphatic rings. The highest BCUT2D eigenvalue weighted by molar-refractivity contribution is 5.82. The number of nitrogens with two attached hydrogens (primary N) is 1. The van der Waals surface area contributed by atoms with Crippen molar-refractivity contribution in [2.24, 2.45) is 5.73 Å². The van der Waals surface area contributed by atoms with Crippen LogP contribution in [0.3, 0.4) is 0 Å². The lowest BCUT2D eigenvalue weighted by Crippen LogP contribution is -2.38. The Morgan fingerprint density at radius 3 is 2.81 bits per heavy atom. The van der Waals surface area contributed by atoms with Gasteiger partial charge in [0, 0.05) is 28.7 Å². The van der Waals surface area contributed by atoms with E-state index in [0.717, 1.165) is 48.0 Å². The van der Waals surface area contributed by atoms with Gasteiger partial charge in [0.15, 0.2) is 5.43 Å². The molecule has 32 heavy (non-hydrogen) atoms. The molecule has 1 saturated heterocycles. The Morgan fingerprint density at radius 2 is 2.03 bits per heavy atom. The number of hydrogen-bond donors (Lipinski definition) is 2. The highest BCUT2D eigenvalue weighted by Crippen LogP contribution is 2.20. The Bertz CT molecular complexity index is 1020. The summed E-state index contributed by atoms with van der Waals surface area (Å²) in [5.41, 5.74) is 8.20. The number of likely N-dealkylation sites (tertiary alicyclic amines) is 1. The molecule has 2 aromatic rings. The van der Waals surface area contributed by atoms with Crippen LogP contribution in [0.15, 0.2) is 65.2 Å². The first-order valence-corrected chi connectivity index (χ1v) is 11.9. The van der Waals surface area contributed by atoms with Gasteiger partial charge in [0.1, 0.15) is 5.76 Å². The van der Waals surface area contributed by atoms with E-state index in [1.807, 2.05) is 49.4 Å². The van der Waals surface area contributed by atoms with Crippen molar-refractivity contribution in [2.45, 2.75) is 52.0 Å². The molecular formula is C27H37N3O2. The summed E-state index contributed by atoms with van der Waals surface area (Å²) in [4.78, 5) is 18.1. The summed E-state index contributed by atoms with van der Waals surface area (Å²) >= 11 is 0. The SMILES string of the molecule is CC1CCCCN1CCCN.CCOC1=CCC=C(c2cc(=O)c3ccccc3[nH]2)C=C1. The Labute approximate surface area is 191 Å². The van der Waals surface area contributed by atoms with Crippen molar-refractivity contribution in [1.82, 2.24) is 9.88 Å². The van der Waals surface area contributed by atoms with Crippen LogP contribution in [0.2, 0.25) is 0 Å². The minimum atomic E-state index is 0.0379. The minimum absolute atomic E-state index is 0.0379. The van der Waals surface area contributed by atoms with Crippen molar-refractivity contribution >= 4 is 16.5 Å². The quantitative estimate of drug-likeness (QED) is 0.670. The van der Waals surface area contributed by atoms with Crippen molar-refractivity contribution < 1.29 is 4.74 Å². The highest BCUT2D eigenvalue weighted by Gasteiger charge is 2.16. The number of allylic oxidation sites excluding steroid dienone is 5. The second-order valence-corrected chi connectivity index (χ2v) is 8.38. The van der Waals surface area contributed by atoms with Gasteiger partial charge in [-0.05, 0) is 95.1 Å². The number of nitrogens with zero attached hydrogens (tertiary/aromatic N) is 1. The molecule has 0 radical (unpaired) electrons. The lowest BCUT2D eigenvalue weighted by Gasteiger charge is -2.33. The standard InChI is InChI=1S/C18H17NO2.C9H20N2/c1-2-21-14-7-5-6-13(10-11-14)17-12-18(20)15-8-3-4-9-16(15)19-17;1-9-5-2-3-7-11(9)8-4-6-10/h3-4,6-12H,2,5H2,1H3,(H,19,20);9H,2-8,10H2,1H3. The molecule has 1 aromatic heterocycles. The van der Waals surface area contributed by atoms with Crippen LogP contribution in [0.25, 0.3) is 16.5 Å². The minimum Gasteiger partial charge on any atom is -0.494 e. The maximum atomic E-state index is 12.2. The van der Waals surface area contributed by atoms with Crippen molar-refractivity contribution in [1.29, 1.82) is 0 Å². The normalized spacial score (nSPS) is 18.9. The number of H-pyrrole nitrogens is 1. The molecule has 1 aliphatic heterocycles. The number of nitrogens with one attached hydrogen (secondary N) is 1. The molecule has 3 N–H and O–H groups in total. The van der Waals surface area contributed by atoms with Gasteiger partial charge >= 0.3 is 0 Å². The topological polar surface area (TPSA) is 71.3 Å². The summed E-state index contributed by atoms with van der Waals surface area (Å²) in [6.07, 6.45) is 14.2. The molecule has 0 saturated carbocycles. The van der Waals surface area contributed by atoms with Crippen LogP contribution in [0.5, 0.6) is 0 Å². The molecule has 1 unspecified atom stereocenters. The Morgan fingerprint density at radius 1 is 1.19 bits per heavy atom. The van der Waals surface area contributed by atoms with Gasteiger partial charge in [-0.1, -0.05) is 24.6 Å². The third-order valence-electron chi connectivity index (χ3n) is 6.03. The summed E-state index contributed by atoms with van der Waals surface area (Å²) in [6.45, 7) is 8.28. The number of hydrogen-bond acceptors (Lipinski definition) is 4. The third kappa shape index (κ3) is 6.68. The van der Waals surface area contributed by atoms with Crippen LogP contribution < -0.4 is 11.2 Å². The second-order valence-electron chi connectivity index (χ2n) is 8.38. The molecule has 1 atom stereocenters. The van der Waals surface area contributed by atoms with E-state index in [1.54, 1.807) is 6.07 Å². The molecule has 1 aromatic carbocycles. The number of pyridine rings is 1. The fraction of sp³-hybridized carbons (Fsp3) is 0.444. The largest absolute Gasteiger partial charge is 0.494 e. The molecule has 0 bridgehead atoms. The van der Waals surface area contributed by atoms with Crippen LogP contribution >= 0.6 is 0 Å². The Balaban J connectivity index is 0.000000222. The zero-order valence-electron chi connectivity index (χ0n) is 19.5. The first-order chi connectivity index (χ1) is 15.6. The maximum Gasteiger partial charge on any atom is 0.190 e. The average molecular weight is 436 g/mol. The fourth-order valence-corrected chi connectivity index (χ4v) is 4.22. The smallest absolute Gasteiger partial charge is 0.190 e. The number of piperidine rings is 1. The van der Waals surface area contributed by atoms with Crippen molar-refractivity contribution in [3.05, 3.63) is 76.3 Å². The number of rotatable bonds is 6. The lowest BCUT2D eigenvalue weighted by molar-refractivity contribution is 0.160. The van der Waals surface area contributed by atoms with E-state index in [1.165, 1.54) is 32.4 Å². The van der Waals surface area contributed by atoms with Gasteiger partial charge in [0.05, 0.1) is 6.61 Å². The first-order valence-electron chi connectivity index (χ1n) is 11.9. The number of benzene rings is 1. The number of fused-ring (bicyclic) bond motifs is 1. The van der Waals surface area contributed by atoms with Gasteiger partial charge in [0.2, 0.25) is 0 Å². The van der Waals surface area contributed by atoms with Crippen molar-refractivity contribution in [3.63, 3.8) is 0 Å². The summed E-state index contributed by atoms with van der Waals surface area (Å²) in [5, 5.41) is 0.715. The maximum absolute atomic E-state index is 12.2. The van der Waals surface area contributed by atoms with Gasteiger partial charge in [-0.25, -0.2) is 0 Å². The Kier molecular flexibility index (Phi) is 9.32. The predicted octanol–water partition coefficient (Wildman–Crippen LogP) is 5.00. The molecule has 2 heterocycles. The number of ether oxygens (including phenoxy) is 1. The van der Waals surface area contributed by atoms with Crippen molar-refractivity contribution in [3.8, 4) is 0 Å². The van der Waals surface area contributed by atoms with Crippen LogP contribution in [0.1, 0.15) is 51.6 Å².